The van der Waals surface area contributed by atoms with Gasteiger partial charge in [0.05, 0.1) is 7.11 Å². The van der Waals surface area contributed by atoms with Crippen molar-refractivity contribution >= 4 is 17.8 Å². The van der Waals surface area contributed by atoms with Gasteiger partial charge < -0.3 is 19.7 Å². The lowest BCUT2D eigenvalue weighted by Crippen LogP contribution is -2.51. The Kier molecular flexibility index (Phi) is 6.90. The van der Waals surface area contributed by atoms with E-state index in [0.29, 0.717) is 23.3 Å². The topological polar surface area (TPSA) is 84.9 Å². The Balaban J connectivity index is 1.42. The Morgan fingerprint density at radius 3 is 2.54 bits per heavy atom. The number of methoxy groups -OCH3 is 1. The van der Waals surface area contributed by atoms with Crippen LogP contribution in [-0.2, 0) is 14.3 Å². The maximum atomic E-state index is 12.5. The van der Waals surface area contributed by atoms with Crippen molar-refractivity contribution in [2.45, 2.75) is 44.6 Å². The Bertz CT molecular complexity index is 701. The molecular weight excluding hydrogens is 360 g/mol. The number of nitrogens with zero attached hydrogens (tertiary/aromatic N) is 1. The molecule has 1 heterocycles. The van der Waals surface area contributed by atoms with Gasteiger partial charge in [-0.05, 0) is 55.9 Å². The summed E-state index contributed by atoms with van der Waals surface area (Å²) >= 11 is 0. The lowest BCUT2D eigenvalue weighted by Gasteiger charge is -2.44. The number of ether oxygens (including phenoxy) is 2. The first kappa shape index (κ1) is 20.2. The summed E-state index contributed by atoms with van der Waals surface area (Å²) in [6.45, 7) is 0.205. The predicted molar refractivity (Wildman–Crippen MR) is 103 cm³/mol. The number of rotatable bonds is 6. The summed E-state index contributed by atoms with van der Waals surface area (Å²) in [5, 5.41) is 2.51. The molecule has 0 aromatic heterocycles. The number of carbonyl (C=O) groups excluding carboxylic acids is 3. The molecule has 1 aromatic carbocycles. The number of likely N-dealkylation sites (tertiary alicyclic amines) is 1. The third-order valence-corrected chi connectivity index (χ3v) is 5.67. The molecule has 0 bridgehead atoms. The normalized spacial score (nSPS) is 21.4. The maximum absolute atomic E-state index is 12.5. The zero-order valence-corrected chi connectivity index (χ0v) is 16.3. The van der Waals surface area contributed by atoms with Gasteiger partial charge in [0.15, 0.2) is 6.61 Å². The van der Waals surface area contributed by atoms with Crippen molar-refractivity contribution in [1.82, 2.24) is 10.2 Å². The average Bonchev–Trinajstić information content (AvgIpc) is 2.75. The van der Waals surface area contributed by atoms with Crippen LogP contribution in [0.15, 0.2) is 24.3 Å². The van der Waals surface area contributed by atoms with Crippen LogP contribution in [0.3, 0.4) is 0 Å². The number of benzene rings is 1. The van der Waals surface area contributed by atoms with E-state index in [2.05, 4.69) is 5.32 Å². The smallest absolute Gasteiger partial charge is 0.325 e. The minimum Gasteiger partial charge on any atom is -0.497 e. The fourth-order valence-electron chi connectivity index (χ4n) is 4.21. The SMILES string of the molecule is COc1ccc(C(=O)NCC(=O)OCC(=O)N2CCC[C@@H]3CCCC[C@@H]32)cc1. The highest BCUT2D eigenvalue weighted by Gasteiger charge is 2.35. The molecule has 1 saturated heterocycles. The summed E-state index contributed by atoms with van der Waals surface area (Å²) in [6.07, 6.45) is 6.83. The van der Waals surface area contributed by atoms with E-state index in [0.717, 1.165) is 25.8 Å². The van der Waals surface area contributed by atoms with Crippen LogP contribution >= 0.6 is 0 Å². The third kappa shape index (κ3) is 5.03. The number of fused-ring (bicyclic) bond motifs is 1. The molecule has 7 nitrogen and oxygen atoms in total. The van der Waals surface area contributed by atoms with Gasteiger partial charge in [0.2, 0.25) is 0 Å². The van der Waals surface area contributed by atoms with E-state index in [9.17, 15) is 14.4 Å². The van der Waals surface area contributed by atoms with Gasteiger partial charge in [-0.2, -0.15) is 0 Å². The quantitative estimate of drug-likeness (QED) is 0.755. The second-order valence-corrected chi connectivity index (χ2v) is 7.41. The molecule has 1 N–H and O–H groups in total. The summed E-state index contributed by atoms with van der Waals surface area (Å²) < 4.78 is 10.1. The van der Waals surface area contributed by atoms with Gasteiger partial charge in [-0.15, -0.1) is 0 Å². The highest BCUT2D eigenvalue weighted by atomic mass is 16.5. The molecule has 152 valence electrons. The maximum Gasteiger partial charge on any atom is 0.325 e. The van der Waals surface area contributed by atoms with Gasteiger partial charge in [-0.3, -0.25) is 14.4 Å². The zero-order chi connectivity index (χ0) is 19.9. The third-order valence-electron chi connectivity index (χ3n) is 5.67. The number of nitrogens with one attached hydrogen (secondary N) is 1. The van der Waals surface area contributed by atoms with Crippen molar-refractivity contribution in [2.75, 3.05) is 26.8 Å². The summed E-state index contributed by atoms with van der Waals surface area (Å²) in [7, 11) is 1.55. The summed E-state index contributed by atoms with van der Waals surface area (Å²) in [5.41, 5.74) is 0.418. The molecule has 0 radical (unpaired) electrons. The lowest BCUT2D eigenvalue weighted by atomic mass is 9.78. The van der Waals surface area contributed by atoms with E-state index in [1.54, 1.807) is 31.4 Å². The van der Waals surface area contributed by atoms with Gasteiger partial charge in [0, 0.05) is 18.2 Å². The standard InChI is InChI=1S/C21H28N2O5/c1-27-17-10-8-16(9-11-17)21(26)22-13-20(25)28-14-19(24)23-12-4-6-15-5-2-3-7-18(15)23/h8-11,15,18H,2-7,12-14H2,1H3,(H,22,26)/t15-,18-/m0/s1. The predicted octanol–water partition coefficient (Wildman–Crippen LogP) is 2.15. The first-order valence-corrected chi connectivity index (χ1v) is 9.96. The van der Waals surface area contributed by atoms with E-state index < -0.39 is 5.97 Å². The molecule has 28 heavy (non-hydrogen) atoms. The molecule has 2 amide bonds. The Hall–Kier alpha value is -2.57. The second kappa shape index (κ2) is 9.57. The molecular formula is C21H28N2O5. The Morgan fingerprint density at radius 2 is 1.79 bits per heavy atom. The van der Waals surface area contributed by atoms with E-state index in [1.807, 2.05) is 4.90 Å². The second-order valence-electron chi connectivity index (χ2n) is 7.41. The van der Waals surface area contributed by atoms with Crippen LogP contribution in [0.2, 0.25) is 0 Å². The van der Waals surface area contributed by atoms with Crippen LogP contribution in [0.25, 0.3) is 0 Å². The van der Waals surface area contributed by atoms with Gasteiger partial charge in [-0.1, -0.05) is 12.8 Å². The summed E-state index contributed by atoms with van der Waals surface area (Å²) in [5.74, 6) is 0.101. The van der Waals surface area contributed by atoms with Gasteiger partial charge >= 0.3 is 5.97 Å². The number of amides is 2. The number of hydrogen-bond acceptors (Lipinski definition) is 5. The average molecular weight is 388 g/mol. The summed E-state index contributed by atoms with van der Waals surface area (Å²) in [6, 6.07) is 6.86. The van der Waals surface area contributed by atoms with Crippen LogP contribution in [0, 0.1) is 5.92 Å². The number of piperidine rings is 1. The zero-order valence-electron chi connectivity index (χ0n) is 16.3. The van der Waals surface area contributed by atoms with Crippen LogP contribution in [-0.4, -0.2) is 55.5 Å². The molecule has 1 aliphatic carbocycles. The fourth-order valence-corrected chi connectivity index (χ4v) is 4.21. The van der Waals surface area contributed by atoms with Gasteiger partial charge in [0.1, 0.15) is 12.3 Å². The molecule has 1 aliphatic heterocycles. The van der Waals surface area contributed by atoms with E-state index >= 15 is 0 Å². The first-order chi connectivity index (χ1) is 13.6. The molecule has 1 saturated carbocycles. The minimum atomic E-state index is -0.618. The van der Waals surface area contributed by atoms with E-state index in [1.165, 1.54) is 19.3 Å². The van der Waals surface area contributed by atoms with Crippen molar-refractivity contribution in [1.29, 1.82) is 0 Å². The van der Waals surface area contributed by atoms with Gasteiger partial charge in [0.25, 0.3) is 11.8 Å². The molecule has 1 aromatic rings. The Morgan fingerprint density at radius 1 is 1.07 bits per heavy atom. The number of esters is 1. The van der Waals surface area contributed by atoms with Crippen LogP contribution in [0.1, 0.15) is 48.9 Å². The van der Waals surface area contributed by atoms with Crippen LogP contribution in [0.4, 0.5) is 0 Å². The minimum absolute atomic E-state index is 0.133. The first-order valence-electron chi connectivity index (χ1n) is 9.96. The monoisotopic (exact) mass is 388 g/mol. The highest BCUT2D eigenvalue weighted by molar-refractivity contribution is 5.96. The fraction of sp³-hybridized carbons (Fsp3) is 0.571. The van der Waals surface area contributed by atoms with Crippen molar-refractivity contribution < 1.29 is 23.9 Å². The highest BCUT2D eigenvalue weighted by Crippen LogP contribution is 2.35. The van der Waals surface area contributed by atoms with E-state index in [4.69, 9.17) is 9.47 Å². The molecule has 2 fully saturated rings. The van der Waals surface area contributed by atoms with Gasteiger partial charge in [-0.25, -0.2) is 0 Å². The molecule has 0 unspecified atom stereocenters. The molecule has 7 heteroatoms. The molecule has 2 aliphatic rings. The summed E-state index contributed by atoms with van der Waals surface area (Å²) in [4.78, 5) is 38.4. The molecule has 0 spiro atoms. The molecule has 3 rings (SSSR count). The van der Waals surface area contributed by atoms with Crippen molar-refractivity contribution in [3.8, 4) is 5.75 Å². The lowest BCUT2D eigenvalue weighted by molar-refractivity contribution is -0.154. The van der Waals surface area contributed by atoms with E-state index in [-0.39, 0.29) is 25.0 Å². The number of hydrogen-bond donors (Lipinski definition) is 1. The molecule has 2 atom stereocenters. The Labute approximate surface area is 165 Å². The van der Waals surface area contributed by atoms with Crippen LogP contribution < -0.4 is 10.1 Å². The number of carbonyl (C=O) groups is 3. The van der Waals surface area contributed by atoms with Crippen LogP contribution in [0.5, 0.6) is 5.75 Å². The van der Waals surface area contributed by atoms with Crippen molar-refractivity contribution in [3.05, 3.63) is 29.8 Å². The largest absolute Gasteiger partial charge is 0.497 e. The van der Waals surface area contributed by atoms with Crippen molar-refractivity contribution in [3.63, 3.8) is 0 Å². The van der Waals surface area contributed by atoms with Crippen molar-refractivity contribution in [2.24, 2.45) is 5.92 Å².